The van der Waals surface area contributed by atoms with E-state index in [1.165, 1.54) is 0 Å². The fraction of sp³-hybridized carbons (Fsp3) is 0.417. The van der Waals surface area contributed by atoms with E-state index in [2.05, 4.69) is 33.5 Å². The Bertz CT molecular complexity index is 455. The first-order chi connectivity index (χ1) is 8.56. The van der Waals surface area contributed by atoms with Gasteiger partial charge in [-0.2, -0.15) is 0 Å². The third-order valence-electron chi connectivity index (χ3n) is 2.83. The van der Waals surface area contributed by atoms with E-state index in [0.29, 0.717) is 29.8 Å². The van der Waals surface area contributed by atoms with Gasteiger partial charge >= 0.3 is 6.03 Å². The second kappa shape index (κ2) is 5.91. The van der Waals surface area contributed by atoms with Gasteiger partial charge in [-0.1, -0.05) is 27.5 Å². The van der Waals surface area contributed by atoms with Crippen LogP contribution in [0.3, 0.4) is 0 Å². The van der Waals surface area contributed by atoms with Crippen LogP contribution in [0.5, 0.6) is 0 Å². The average molecular weight is 333 g/mol. The molecule has 0 aliphatic carbocycles. The Labute approximate surface area is 120 Å². The van der Waals surface area contributed by atoms with Crippen LogP contribution in [0, 0.1) is 0 Å². The van der Waals surface area contributed by atoms with Gasteiger partial charge in [-0.05, 0) is 25.1 Å². The Hall–Kier alpha value is -0.780. The Morgan fingerprint density at radius 3 is 3.06 bits per heavy atom. The lowest BCUT2D eigenvalue weighted by atomic mass is 10.2. The molecule has 0 saturated carbocycles. The van der Waals surface area contributed by atoms with Gasteiger partial charge < -0.3 is 15.5 Å². The van der Waals surface area contributed by atoms with Crippen LogP contribution < -0.4 is 10.6 Å². The highest BCUT2D eigenvalue weighted by molar-refractivity contribution is 9.10. The molecule has 2 rings (SSSR count). The second-order valence-electron chi connectivity index (χ2n) is 4.36. The number of benzene rings is 1. The van der Waals surface area contributed by atoms with E-state index in [4.69, 9.17) is 11.6 Å². The van der Waals surface area contributed by atoms with Crippen molar-refractivity contribution < 1.29 is 4.79 Å². The molecule has 0 unspecified atom stereocenters. The van der Waals surface area contributed by atoms with Crippen molar-refractivity contribution in [3.63, 3.8) is 0 Å². The van der Waals surface area contributed by atoms with Crippen molar-refractivity contribution in [2.75, 3.05) is 25.0 Å². The van der Waals surface area contributed by atoms with Crippen LogP contribution in [-0.4, -0.2) is 36.6 Å². The van der Waals surface area contributed by atoms with Crippen LogP contribution in [0.25, 0.3) is 0 Å². The zero-order valence-electron chi connectivity index (χ0n) is 10.0. The van der Waals surface area contributed by atoms with Gasteiger partial charge in [0.25, 0.3) is 0 Å². The molecule has 1 aliphatic heterocycles. The molecule has 98 valence electrons. The van der Waals surface area contributed by atoms with Gasteiger partial charge in [-0.25, -0.2) is 4.79 Å². The number of hydrogen-bond donors (Lipinski definition) is 2. The summed E-state index contributed by atoms with van der Waals surface area (Å²) in [5.74, 6) is 0. The third kappa shape index (κ3) is 3.37. The van der Waals surface area contributed by atoms with E-state index in [-0.39, 0.29) is 6.03 Å². The van der Waals surface area contributed by atoms with Gasteiger partial charge in [0.15, 0.2) is 0 Å². The van der Waals surface area contributed by atoms with Crippen molar-refractivity contribution in [1.82, 2.24) is 10.2 Å². The first-order valence-electron chi connectivity index (χ1n) is 5.80. The Kier molecular flexibility index (Phi) is 4.48. The minimum Gasteiger partial charge on any atom is -0.322 e. The van der Waals surface area contributed by atoms with E-state index in [0.717, 1.165) is 11.0 Å². The Balaban J connectivity index is 2.02. The number of amides is 2. The van der Waals surface area contributed by atoms with Gasteiger partial charge in [-0.3, -0.25) is 0 Å². The molecular weight excluding hydrogens is 318 g/mol. The van der Waals surface area contributed by atoms with Crippen LogP contribution in [0.2, 0.25) is 5.02 Å². The molecule has 2 N–H and O–H groups in total. The molecule has 1 saturated heterocycles. The zero-order chi connectivity index (χ0) is 13.1. The van der Waals surface area contributed by atoms with E-state index >= 15 is 0 Å². The van der Waals surface area contributed by atoms with Crippen molar-refractivity contribution in [2.24, 2.45) is 0 Å². The van der Waals surface area contributed by atoms with Gasteiger partial charge in [-0.15, -0.1) is 0 Å². The Morgan fingerprint density at radius 1 is 1.61 bits per heavy atom. The minimum atomic E-state index is -0.104. The predicted octanol–water partition coefficient (Wildman–Crippen LogP) is 2.93. The fourth-order valence-corrected chi connectivity index (χ4v) is 2.62. The van der Waals surface area contributed by atoms with Crippen LogP contribution in [-0.2, 0) is 0 Å². The highest BCUT2D eigenvalue weighted by Gasteiger charge is 2.20. The summed E-state index contributed by atoms with van der Waals surface area (Å²) in [5.41, 5.74) is 0.635. The van der Waals surface area contributed by atoms with Gasteiger partial charge in [0.05, 0.1) is 10.7 Å². The molecule has 1 heterocycles. The molecule has 0 aromatic heterocycles. The molecule has 1 fully saturated rings. The lowest BCUT2D eigenvalue weighted by Gasteiger charge is -2.31. The fourth-order valence-electron chi connectivity index (χ4n) is 1.90. The molecule has 0 bridgehead atoms. The molecule has 4 nitrogen and oxygen atoms in total. The summed E-state index contributed by atoms with van der Waals surface area (Å²) < 4.78 is 0.890. The monoisotopic (exact) mass is 331 g/mol. The predicted molar refractivity (Wildman–Crippen MR) is 77.2 cm³/mol. The summed E-state index contributed by atoms with van der Waals surface area (Å²) >= 11 is 9.40. The first-order valence-corrected chi connectivity index (χ1v) is 6.97. The number of urea groups is 1. The van der Waals surface area contributed by atoms with Gasteiger partial charge in [0.1, 0.15) is 0 Å². The SMILES string of the molecule is C[C@H]1CN(C(=O)Nc2ccc(Br)cc2Cl)CCN1. The first kappa shape index (κ1) is 13.6. The highest BCUT2D eigenvalue weighted by Crippen LogP contribution is 2.25. The van der Waals surface area contributed by atoms with Crippen molar-refractivity contribution in [2.45, 2.75) is 13.0 Å². The van der Waals surface area contributed by atoms with Crippen LogP contribution >= 0.6 is 27.5 Å². The molecule has 0 radical (unpaired) electrons. The van der Waals surface area contributed by atoms with E-state index in [1.54, 1.807) is 17.0 Å². The molecule has 1 atom stereocenters. The molecule has 0 spiro atoms. The largest absolute Gasteiger partial charge is 0.322 e. The van der Waals surface area contributed by atoms with Crippen molar-refractivity contribution in [3.05, 3.63) is 27.7 Å². The summed E-state index contributed by atoms with van der Waals surface area (Å²) in [6, 6.07) is 5.62. The maximum absolute atomic E-state index is 12.1. The number of carbonyl (C=O) groups excluding carboxylic acids is 1. The average Bonchev–Trinajstić information content (AvgIpc) is 2.32. The molecule has 6 heteroatoms. The van der Waals surface area contributed by atoms with E-state index < -0.39 is 0 Å². The molecule has 1 aromatic carbocycles. The number of hydrogen-bond acceptors (Lipinski definition) is 2. The number of nitrogens with one attached hydrogen (secondary N) is 2. The summed E-state index contributed by atoms with van der Waals surface area (Å²) in [6.45, 7) is 4.30. The summed E-state index contributed by atoms with van der Waals surface area (Å²) in [5, 5.41) is 6.66. The Morgan fingerprint density at radius 2 is 2.39 bits per heavy atom. The normalized spacial score (nSPS) is 19.7. The van der Waals surface area contributed by atoms with Crippen LogP contribution in [0.1, 0.15) is 6.92 Å². The lowest BCUT2D eigenvalue weighted by Crippen LogP contribution is -2.52. The second-order valence-corrected chi connectivity index (χ2v) is 5.68. The molecule has 2 amide bonds. The number of carbonyl (C=O) groups is 1. The number of halogens is 2. The third-order valence-corrected chi connectivity index (χ3v) is 3.63. The number of nitrogens with zero attached hydrogens (tertiary/aromatic N) is 1. The van der Waals surface area contributed by atoms with Gasteiger partial charge in [0.2, 0.25) is 0 Å². The number of anilines is 1. The van der Waals surface area contributed by atoms with Crippen LogP contribution in [0.4, 0.5) is 10.5 Å². The zero-order valence-corrected chi connectivity index (χ0v) is 12.4. The maximum Gasteiger partial charge on any atom is 0.321 e. The molecule has 18 heavy (non-hydrogen) atoms. The number of piperazine rings is 1. The standard InChI is InChI=1S/C12H15BrClN3O/c1-8-7-17(5-4-15-8)12(18)16-11-3-2-9(13)6-10(11)14/h2-3,6,8,15H,4-5,7H2,1H3,(H,16,18)/t8-/m0/s1. The van der Waals surface area contributed by atoms with Crippen molar-refractivity contribution >= 4 is 39.2 Å². The van der Waals surface area contributed by atoms with Crippen LogP contribution in [0.15, 0.2) is 22.7 Å². The van der Waals surface area contributed by atoms with E-state index in [9.17, 15) is 4.79 Å². The minimum absolute atomic E-state index is 0.104. The van der Waals surface area contributed by atoms with Crippen molar-refractivity contribution in [1.29, 1.82) is 0 Å². The maximum atomic E-state index is 12.1. The van der Waals surface area contributed by atoms with Crippen molar-refractivity contribution in [3.8, 4) is 0 Å². The summed E-state index contributed by atoms with van der Waals surface area (Å²) in [7, 11) is 0. The summed E-state index contributed by atoms with van der Waals surface area (Å²) in [6.07, 6.45) is 0. The smallest absolute Gasteiger partial charge is 0.321 e. The quantitative estimate of drug-likeness (QED) is 0.830. The lowest BCUT2D eigenvalue weighted by molar-refractivity contribution is 0.192. The number of rotatable bonds is 1. The highest BCUT2D eigenvalue weighted by atomic mass is 79.9. The molecule has 1 aliphatic rings. The summed E-state index contributed by atoms with van der Waals surface area (Å²) in [4.78, 5) is 13.9. The molecule has 1 aromatic rings. The molecular formula is C12H15BrClN3O. The topological polar surface area (TPSA) is 44.4 Å². The van der Waals surface area contributed by atoms with Gasteiger partial charge in [0, 0.05) is 30.1 Å². The van der Waals surface area contributed by atoms with E-state index in [1.807, 2.05) is 6.07 Å².